The van der Waals surface area contributed by atoms with Crippen LogP contribution < -0.4 is 4.72 Å². The van der Waals surface area contributed by atoms with Crippen molar-refractivity contribution in [2.24, 2.45) is 0 Å². The van der Waals surface area contributed by atoms with E-state index in [1.54, 1.807) is 19.1 Å². The summed E-state index contributed by atoms with van der Waals surface area (Å²) in [5.74, 6) is -0.824. The highest BCUT2D eigenvalue weighted by molar-refractivity contribution is 9.10. The molecule has 0 bridgehead atoms. The number of aromatic nitrogens is 1. The van der Waals surface area contributed by atoms with E-state index in [-0.39, 0.29) is 0 Å². The van der Waals surface area contributed by atoms with Gasteiger partial charge in [0, 0.05) is 4.47 Å². The van der Waals surface area contributed by atoms with Crippen LogP contribution in [0.4, 0.5) is 10.1 Å². The Hall–Kier alpha value is -0.990. The van der Waals surface area contributed by atoms with Crippen molar-refractivity contribution in [1.82, 2.24) is 4.98 Å². The summed E-state index contributed by atoms with van der Waals surface area (Å²) >= 11 is 6.27. The van der Waals surface area contributed by atoms with Crippen molar-refractivity contribution in [3.05, 3.63) is 50.9 Å². The Morgan fingerprint density at radius 2 is 1.90 bits per heavy atom. The second-order valence-electron chi connectivity index (χ2n) is 3.95. The van der Waals surface area contributed by atoms with Crippen molar-refractivity contribution in [3.63, 3.8) is 0 Å². The monoisotopic (exact) mass is 422 g/mol. The normalized spacial score (nSPS) is 11.4. The fraction of sp³-hybridized carbons (Fsp3) is 0.0833. The molecular weight excluding hydrogens is 415 g/mol. The topological polar surface area (TPSA) is 59.1 Å². The molecule has 1 N–H and O–H groups in total. The second-order valence-corrected chi connectivity index (χ2v) is 7.33. The number of halogens is 3. The minimum atomic E-state index is -4.00. The molecule has 1 heterocycles. The van der Waals surface area contributed by atoms with Gasteiger partial charge in [0.2, 0.25) is 0 Å². The number of sulfonamides is 1. The van der Waals surface area contributed by atoms with Gasteiger partial charge in [0.1, 0.15) is 15.3 Å². The third kappa shape index (κ3) is 3.36. The third-order valence-electron chi connectivity index (χ3n) is 2.48. The molecule has 0 aliphatic heterocycles. The van der Waals surface area contributed by atoms with E-state index in [0.717, 1.165) is 6.07 Å². The molecule has 1 aromatic heterocycles. The molecule has 20 heavy (non-hydrogen) atoms. The number of aryl methyl sites for hydroxylation is 1. The van der Waals surface area contributed by atoms with Crippen LogP contribution in [0.15, 0.2) is 44.3 Å². The number of hydrogen-bond acceptors (Lipinski definition) is 3. The predicted octanol–water partition coefficient (Wildman–Crippen LogP) is 3.85. The highest BCUT2D eigenvalue weighted by Crippen LogP contribution is 2.23. The van der Waals surface area contributed by atoms with Gasteiger partial charge in [-0.05, 0) is 53.2 Å². The second kappa shape index (κ2) is 5.79. The molecule has 0 amide bonds. The summed E-state index contributed by atoms with van der Waals surface area (Å²) in [6.07, 6.45) is 0. The number of pyridine rings is 1. The molecule has 0 fully saturated rings. The van der Waals surface area contributed by atoms with Crippen molar-refractivity contribution in [2.45, 2.75) is 11.8 Å². The largest absolute Gasteiger partial charge is 0.278 e. The molecule has 0 unspecified atom stereocenters. The highest BCUT2D eigenvalue weighted by atomic mass is 79.9. The summed E-state index contributed by atoms with van der Waals surface area (Å²) in [4.78, 5) is 3.66. The SMILES string of the molecule is Cc1nc(Br)ccc1NS(=O)(=O)c1ccc(Br)cc1F. The van der Waals surface area contributed by atoms with Crippen molar-refractivity contribution in [1.29, 1.82) is 0 Å². The fourth-order valence-corrected chi connectivity index (χ4v) is 3.44. The number of nitrogens with one attached hydrogen (secondary N) is 1. The Balaban J connectivity index is 2.41. The van der Waals surface area contributed by atoms with Gasteiger partial charge in [-0.25, -0.2) is 17.8 Å². The van der Waals surface area contributed by atoms with Crippen LogP contribution in [-0.4, -0.2) is 13.4 Å². The summed E-state index contributed by atoms with van der Waals surface area (Å²) in [7, 11) is -4.00. The quantitative estimate of drug-likeness (QED) is 0.762. The van der Waals surface area contributed by atoms with E-state index in [1.165, 1.54) is 12.1 Å². The van der Waals surface area contributed by atoms with Gasteiger partial charge in [-0.1, -0.05) is 15.9 Å². The van der Waals surface area contributed by atoms with Crippen LogP contribution in [0, 0.1) is 12.7 Å². The van der Waals surface area contributed by atoms with Gasteiger partial charge in [0.25, 0.3) is 10.0 Å². The van der Waals surface area contributed by atoms with Gasteiger partial charge in [-0.3, -0.25) is 4.72 Å². The highest BCUT2D eigenvalue weighted by Gasteiger charge is 2.20. The fourth-order valence-electron chi connectivity index (χ4n) is 1.53. The lowest BCUT2D eigenvalue weighted by Gasteiger charge is -2.11. The first kappa shape index (κ1) is 15.4. The third-order valence-corrected chi connectivity index (χ3v) is 4.81. The van der Waals surface area contributed by atoms with Crippen molar-refractivity contribution in [3.8, 4) is 0 Å². The van der Waals surface area contributed by atoms with Crippen molar-refractivity contribution < 1.29 is 12.8 Å². The minimum absolute atomic E-state index is 0.301. The zero-order valence-electron chi connectivity index (χ0n) is 10.2. The Kier molecular flexibility index (Phi) is 4.46. The van der Waals surface area contributed by atoms with E-state index in [9.17, 15) is 12.8 Å². The molecule has 2 rings (SSSR count). The van der Waals surface area contributed by atoms with E-state index >= 15 is 0 Å². The molecule has 0 radical (unpaired) electrons. The summed E-state index contributed by atoms with van der Waals surface area (Å²) in [5.41, 5.74) is 0.788. The van der Waals surface area contributed by atoms with Gasteiger partial charge < -0.3 is 0 Å². The van der Waals surface area contributed by atoms with E-state index in [0.29, 0.717) is 20.5 Å². The molecule has 0 saturated heterocycles. The summed E-state index contributed by atoms with van der Waals surface area (Å²) < 4.78 is 41.5. The lowest BCUT2D eigenvalue weighted by Crippen LogP contribution is -2.15. The lowest BCUT2D eigenvalue weighted by molar-refractivity contribution is 0.570. The number of nitrogens with zero attached hydrogens (tertiary/aromatic N) is 1. The van der Waals surface area contributed by atoms with Crippen LogP contribution in [-0.2, 0) is 10.0 Å². The van der Waals surface area contributed by atoms with Gasteiger partial charge in [-0.15, -0.1) is 0 Å². The van der Waals surface area contributed by atoms with Crippen LogP contribution in [0.5, 0.6) is 0 Å². The molecule has 0 saturated carbocycles. The van der Waals surface area contributed by atoms with Crippen LogP contribution in [0.25, 0.3) is 0 Å². The maximum atomic E-state index is 13.7. The average Bonchev–Trinajstić information content (AvgIpc) is 2.32. The van der Waals surface area contributed by atoms with Gasteiger partial charge in [0.15, 0.2) is 0 Å². The maximum absolute atomic E-state index is 13.7. The molecule has 0 aliphatic carbocycles. The van der Waals surface area contributed by atoms with Crippen LogP contribution in [0.1, 0.15) is 5.69 Å². The molecule has 106 valence electrons. The first-order chi connectivity index (χ1) is 9.29. The first-order valence-corrected chi connectivity index (χ1v) is 8.47. The summed E-state index contributed by atoms with van der Waals surface area (Å²) in [6.45, 7) is 1.65. The van der Waals surface area contributed by atoms with Crippen molar-refractivity contribution in [2.75, 3.05) is 4.72 Å². The Morgan fingerprint density at radius 3 is 2.50 bits per heavy atom. The van der Waals surface area contributed by atoms with Crippen LogP contribution in [0.3, 0.4) is 0 Å². The Bertz CT molecular complexity index is 766. The molecule has 0 atom stereocenters. The van der Waals surface area contributed by atoms with Crippen molar-refractivity contribution >= 4 is 47.6 Å². The molecule has 4 nitrogen and oxygen atoms in total. The molecule has 2 aromatic rings. The first-order valence-electron chi connectivity index (χ1n) is 5.40. The van der Waals surface area contributed by atoms with Gasteiger partial charge in [-0.2, -0.15) is 0 Å². The molecular formula is C12H9Br2FN2O2S. The lowest BCUT2D eigenvalue weighted by atomic mass is 10.3. The maximum Gasteiger partial charge on any atom is 0.264 e. The zero-order valence-corrected chi connectivity index (χ0v) is 14.2. The molecule has 0 spiro atoms. The smallest absolute Gasteiger partial charge is 0.264 e. The molecule has 0 aliphatic rings. The standard InChI is InChI=1S/C12H9Br2FN2O2S/c1-7-10(3-5-12(14)16-7)17-20(18,19)11-4-2-8(13)6-9(11)15/h2-6,17H,1H3. The van der Waals surface area contributed by atoms with Gasteiger partial charge >= 0.3 is 0 Å². The number of rotatable bonds is 3. The van der Waals surface area contributed by atoms with Gasteiger partial charge in [0.05, 0.1) is 11.4 Å². The van der Waals surface area contributed by atoms with E-state index in [4.69, 9.17) is 0 Å². The minimum Gasteiger partial charge on any atom is -0.278 e. The number of anilines is 1. The van der Waals surface area contributed by atoms with Crippen LogP contribution >= 0.6 is 31.9 Å². The van der Waals surface area contributed by atoms with E-state index in [2.05, 4.69) is 41.6 Å². The average molecular weight is 424 g/mol. The summed E-state index contributed by atoms with van der Waals surface area (Å²) in [6, 6.07) is 6.92. The predicted molar refractivity (Wildman–Crippen MR) is 81.6 cm³/mol. The molecule has 1 aromatic carbocycles. The number of benzene rings is 1. The zero-order chi connectivity index (χ0) is 14.9. The van der Waals surface area contributed by atoms with Crippen LogP contribution in [0.2, 0.25) is 0 Å². The van der Waals surface area contributed by atoms with E-state index < -0.39 is 20.7 Å². The Morgan fingerprint density at radius 1 is 1.20 bits per heavy atom. The molecule has 8 heteroatoms. The Labute approximate surface area is 132 Å². The van der Waals surface area contributed by atoms with E-state index in [1.807, 2.05) is 0 Å². The number of hydrogen-bond donors (Lipinski definition) is 1. The summed E-state index contributed by atoms with van der Waals surface area (Å²) in [5, 5.41) is 0.